The molecule has 0 amide bonds. The number of benzene rings is 8. The third-order valence-corrected chi connectivity index (χ3v) is 21.0. The van der Waals surface area contributed by atoms with Gasteiger partial charge in [0.2, 0.25) is 23.3 Å². The maximum Gasteiger partial charge on any atom is 0.488 e. The number of aliphatic hydroxyl groups is 1. The van der Waals surface area contributed by atoms with Crippen LogP contribution in [0.15, 0.2) is 150 Å². The molecule has 0 saturated heterocycles. The molecule has 0 spiro atoms. The lowest BCUT2D eigenvalue weighted by atomic mass is 9.80. The molecule has 19 heteroatoms. The topological polar surface area (TPSA) is 97.6 Å². The molecule has 0 heterocycles. The minimum absolute atomic E-state index is 0.0130. The summed E-state index contributed by atoms with van der Waals surface area (Å²) in [5, 5.41) is 29.6. The minimum Gasteiger partial charge on any atom is -0.490 e. The molecule has 8 rings (SSSR count). The molecule has 494 valence electrons. The zero-order valence-electron chi connectivity index (χ0n) is 53.9. The Bertz CT molecular complexity index is 3400. The van der Waals surface area contributed by atoms with Gasteiger partial charge in [-0.1, -0.05) is 210 Å². The maximum absolute atomic E-state index is 14.6. The van der Waals surface area contributed by atoms with Gasteiger partial charge >= 0.3 is 7.12 Å². The van der Waals surface area contributed by atoms with E-state index in [1.165, 1.54) is 65.0 Å². The average Bonchev–Trinajstić information content (AvgIpc) is 2.24. The van der Waals surface area contributed by atoms with Crippen LogP contribution in [0.25, 0.3) is 44.5 Å². The molecule has 0 unspecified atom stereocenters. The van der Waals surface area contributed by atoms with E-state index in [0.29, 0.717) is 48.7 Å². The first kappa shape index (κ1) is 76.0. The highest BCUT2D eigenvalue weighted by Gasteiger charge is 2.24. The van der Waals surface area contributed by atoms with Crippen molar-refractivity contribution in [1.29, 1.82) is 0 Å². The van der Waals surface area contributed by atoms with Crippen molar-refractivity contribution in [2.24, 2.45) is 0 Å². The summed E-state index contributed by atoms with van der Waals surface area (Å²) in [6, 6.07) is 41.8. The molecule has 0 aliphatic rings. The standard InChI is InChI=1S/C23H32F2O2Si.C18H22F2OSi.C16H17BF2O3.C16H15BrF2O/c1-4-5-16-27-21-14-13-20(22(24)23(21)25)18-9-11-19(12-10-18)28(2,3)17-8-6-7-15-26;1-4-5-12-21-16-11-10-15(17(19)18(16)20)13-6-8-14(9-7-13)22(2)3;1-2-3-10-22-14-9-8-13(15(18)16(14)19)11-4-6-12(7-5-11)17(20)21;1-2-3-10-20-14-9-8-13(15(18)16(14)19)11-4-6-12(17)7-5-11/h9-14,26H,4-8,15-17H2,1-3H3;6-11,22H,4-5,12H2,1-3H3;4-9,20-21H,2-3,10H2,1H3;4-9H,2-3,10H2,1H3. The molecule has 8 aromatic rings. The first-order chi connectivity index (χ1) is 44.1. The Labute approximate surface area is 549 Å². The second-order valence-electron chi connectivity index (χ2n) is 23.0. The molecular formula is C73H86BBrF8O7Si2. The molecular weight excluding hydrogens is 1290 g/mol. The molecule has 0 saturated carbocycles. The van der Waals surface area contributed by atoms with Gasteiger partial charge in [-0.25, -0.2) is 17.6 Å². The van der Waals surface area contributed by atoms with E-state index in [1.54, 1.807) is 42.5 Å². The number of hydrogen-bond acceptors (Lipinski definition) is 7. The predicted molar refractivity (Wildman–Crippen MR) is 368 cm³/mol. The van der Waals surface area contributed by atoms with Gasteiger partial charge in [-0.3, -0.25) is 0 Å². The first-order valence-electron chi connectivity index (χ1n) is 31.6. The molecule has 3 N–H and O–H groups in total. The number of rotatable bonds is 28. The van der Waals surface area contributed by atoms with E-state index >= 15 is 0 Å². The summed E-state index contributed by atoms with van der Waals surface area (Å²) in [5.41, 5.74) is 3.58. The number of aliphatic hydroxyl groups excluding tert-OH is 1. The van der Waals surface area contributed by atoms with Crippen molar-refractivity contribution in [2.75, 3.05) is 33.0 Å². The van der Waals surface area contributed by atoms with Crippen LogP contribution in [0.4, 0.5) is 35.1 Å². The summed E-state index contributed by atoms with van der Waals surface area (Å²) >= 11 is 3.31. The summed E-state index contributed by atoms with van der Waals surface area (Å²) in [6.07, 6.45) is 9.97. The highest BCUT2D eigenvalue weighted by molar-refractivity contribution is 9.10. The van der Waals surface area contributed by atoms with Crippen molar-refractivity contribution in [2.45, 2.75) is 131 Å². The van der Waals surface area contributed by atoms with E-state index in [4.69, 9.17) is 34.1 Å². The lowest BCUT2D eigenvalue weighted by Crippen LogP contribution is -2.40. The van der Waals surface area contributed by atoms with Gasteiger partial charge in [0.1, 0.15) is 0 Å². The second kappa shape index (κ2) is 39.1. The van der Waals surface area contributed by atoms with E-state index in [2.05, 4.69) is 54.3 Å². The highest BCUT2D eigenvalue weighted by atomic mass is 79.9. The Kier molecular flexibility index (Phi) is 32.3. The summed E-state index contributed by atoms with van der Waals surface area (Å²) in [5.74, 6) is -7.50. The SMILES string of the molecule is CCCCOc1ccc(-c2ccc(B(O)O)cc2)c(F)c1F.CCCCOc1ccc(-c2ccc(Br)cc2)c(F)c1F.CCCCOc1ccc(-c2ccc([SiH](C)C)cc2)c(F)c1F.CCCCOc1ccc(-c2ccc([Si](C)(C)CCCCCO)cc2)c(F)c1F. The minimum atomic E-state index is -1.59. The third-order valence-electron chi connectivity index (χ3n) is 15.2. The van der Waals surface area contributed by atoms with Gasteiger partial charge < -0.3 is 34.1 Å². The molecule has 0 bridgehead atoms. The lowest BCUT2D eigenvalue weighted by Gasteiger charge is -2.23. The van der Waals surface area contributed by atoms with Crippen molar-refractivity contribution in [1.82, 2.24) is 0 Å². The molecule has 7 nitrogen and oxygen atoms in total. The second-order valence-corrected chi connectivity index (χ2v) is 31.8. The number of hydrogen-bond donors (Lipinski definition) is 3. The van der Waals surface area contributed by atoms with Crippen LogP contribution in [0.1, 0.15) is 98.3 Å². The van der Waals surface area contributed by atoms with Gasteiger partial charge in [-0.05, 0) is 120 Å². The van der Waals surface area contributed by atoms with Crippen molar-refractivity contribution >= 4 is 55.8 Å². The van der Waals surface area contributed by atoms with Crippen molar-refractivity contribution in [3.05, 3.63) is 197 Å². The van der Waals surface area contributed by atoms with Crippen molar-refractivity contribution in [3.63, 3.8) is 0 Å². The Morgan fingerprint density at radius 2 is 0.696 bits per heavy atom. The molecule has 0 aliphatic carbocycles. The van der Waals surface area contributed by atoms with Crippen molar-refractivity contribution in [3.8, 4) is 67.5 Å². The third kappa shape index (κ3) is 22.5. The molecule has 0 aromatic heterocycles. The van der Waals surface area contributed by atoms with Crippen LogP contribution in [-0.4, -0.2) is 72.2 Å². The normalized spacial score (nSPS) is 11.0. The van der Waals surface area contributed by atoms with E-state index in [9.17, 15) is 35.1 Å². The maximum atomic E-state index is 14.6. The van der Waals surface area contributed by atoms with Gasteiger partial charge in [-0.2, -0.15) is 17.6 Å². The molecule has 8 aromatic carbocycles. The molecule has 0 aliphatic heterocycles. The van der Waals surface area contributed by atoms with E-state index < -0.39 is 70.5 Å². The lowest BCUT2D eigenvalue weighted by molar-refractivity contribution is 0.284. The molecule has 0 radical (unpaired) electrons. The molecule has 0 atom stereocenters. The summed E-state index contributed by atoms with van der Waals surface area (Å²) in [7, 11) is -4.05. The monoisotopic (exact) mass is 1370 g/mol. The predicted octanol–water partition coefficient (Wildman–Crippen LogP) is 18.5. The number of halogens is 9. The zero-order valence-corrected chi connectivity index (χ0v) is 57.6. The van der Waals surface area contributed by atoms with Crippen LogP contribution in [0.5, 0.6) is 23.0 Å². The summed E-state index contributed by atoms with van der Waals surface area (Å²) < 4.78 is 135. The van der Waals surface area contributed by atoms with Gasteiger partial charge in [0.15, 0.2) is 46.3 Å². The van der Waals surface area contributed by atoms with E-state index in [0.717, 1.165) is 81.1 Å². The van der Waals surface area contributed by atoms with Crippen LogP contribution in [-0.2, 0) is 0 Å². The fraction of sp³-hybridized carbons (Fsp3) is 0.342. The number of ether oxygens (including phenoxy) is 4. The smallest absolute Gasteiger partial charge is 0.488 e. The largest absolute Gasteiger partial charge is 0.490 e. The van der Waals surface area contributed by atoms with Crippen molar-refractivity contribution < 1.29 is 69.2 Å². The Balaban J connectivity index is 0.000000224. The van der Waals surface area contributed by atoms with Gasteiger partial charge in [0.05, 0.1) is 43.3 Å². The van der Waals surface area contributed by atoms with Gasteiger partial charge in [0, 0.05) is 33.3 Å². The van der Waals surface area contributed by atoms with Crippen LogP contribution >= 0.6 is 15.9 Å². The average molecular weight is 1370 g/mol. The molecule has 0 fully saturated rings. The van der Waals surface area contributed by atoms with Crippen LogP contribution in [0.2, 0.25) is 32.2 Å². The van der Waals surface area contributed by atoms with Gasteiger partial charge in [-0.15, -0.1) is 0 Å². The Hall–Kier alpha value is -6.74. The Morgan fingerprint density at radius 1 is 0.391 bits per heavy atom. The summed E-state index contributed by atoms with van der Waals surface area (Å²) in [6.45, 7) is 18.9. The zero-order chi connectivity index (χ0) is 67.3. The van der Waals surface area contributed by atoms with E-state index in [-0.39, 0.29) is 57.3 Å². The summed E-state index contributed by atoms with van der Waals surface area (Å²) in [4.78, 5) is 0. The van der Waals surface area contributed by atoms with Crippen LogP contribution < -0.4 is 34.8 Å². The van der Waals surface area contributed by atoms with Crippen LogP contribution in [0, 0.1) is 46.5 Å². The fourth-order valence-corrected chi connectivity index (χ4v) is 13.1. The first-order valence-corrected chi connectivity index (χ1v) is 38.5. The highest BCUT2D eigenvalue weighted by Crippen LogP contribution is 2.34. The fourth-order valence-electron chi connectivity index (χ4n) is 9.38. The Morgan fingerprint density at radius 3 is 0.989 bits per heavy atom. The van der Waals surface area contributed by atoms with E-state index in [1.807, 2.05) is 64.1 Å². The van der Waals surface area contributed by atoms with Crippen LogP contribution in [0.3, 0.4) is 0 Å². The quantitative estimate of drug-likeness (QED) is 0.0255. The molecule has 92 heavy (non-hydrogen) atoms. The van der Waals surface area contributed by atoms with Gasteiger partial charge in [0.25, 0.3) is 0 Å². The number of unbranched alkanes of at least 4 members (excludes halogenated alkanes) is 6.